The second-order valence-corrected chi connectivity index (χ2v) is 5.17. The van der Waals surface area contributed by atoms with E-state index in [4.69, 9.17) is 9.47 Å². The molecular formula is C15H19NO4. The number of nitrogens with zero attached hydrogens (tertiary/aromatic N) is 1. The molecule has 0 radical (unpaired) electrons. The molecule has 0 saturated carbocycles. The number of hydrogen-bond donors (Lipinski definition) is 0. The van der Waals surface area contributed by atoms with Gasteiger partial charge in [-0.25, -0.2) is 0 Å². The predicted octanol–water partition coefficient (Wildman–Crippen LogP) is 2.00. The Labute approximate surface area is 118 Å². The first kappa shape index (κ1) is 14.4. The Morgan fingerprint density at radius 1 is 1.25 bits per heavy atom. The topological polar surface area (TPSA) is 55.8 Å². The average Bonchev–Trinajstić information content (AvgIpc) is 2.41. The van der Waals surface area contributed by atoms with Gasteiger partial charge in [0.2, 0.25) is 6.10 Å². The maximum absolute atomic E-state index is 12.2. The molecule has 0 N–H and O–H groups in total. The molecule has 2 atom stereocenters. The summed E-state index contributed by atoms with van der Waals surface area (Å²) in [7, 11) is 1.59. The molecule has 1 amide bonds. The summed E-state index contributed by atoms with van der Waals surface area (Å²) in [6.45, 7) is 5.33. The Balaban J connectivity index is 2.22. The number of rotatable bonds is 4. The van der Waals surface area contributed by atoms with Crippen molar-refractivity contribution in [2.45, 2.75) is 32.9 Å². The van der Waals surface area contributed by atoms with E-state index in [-0.39, 0.29) is 17.9 Å². The van der Waals surface area contributed by atoms with Crippen LogP contribution in [0.15, 0.2) is 24.3 Å². The van der Waals surface area contributed by atoms with E-state index < -0.39 is 12.1 Å². The summed E-state index contributed by atoms with van der Waals surface area (Å²) in [5, 5.41) is 0. The smallest absolute Gasteiger partial charge is 0.303 e. The minimum atomic E-state index is -0.672. The van der Waals surface area contributed by atoms with Crippen molar-refractivity contribution in [3.05, 3.63) is 24.3 Å². The molecule has 0 unspecified atom stereocenters. The number of methoxy groups -OCH3 is 1. The van der Waals surface area contributed by atoms with Crippen molar-refractivity contribution >= 4 is 17.6 Å². The maximum atomic E-state index is 12.2. The maximum Gasteiger partial charge on any atom is 0.303 e. The molecule has 1 aromatic carbocycles. The Kier molecular flexibility index (Phi) is 3.97. The first-order chi connectivity index (χ1) is 9.45. The van der Waals surface area contributed by atoms with Crippen molar-refractivity contribution in [2.24, 2.45) is 5.92 Å². The lowest BCUT2D eigenvalue weighted by atomic mass is 9.87. The number of esters is 1. The molecule has 0 aromatic heterocycles. The van der Waals surface area contributed by atoms with Gasteiger partial charge in [-0.3, -0.25) is 9.59 Å². The molecule has 1 aliphatic heterocycles. The summed E-state index contributed by atoms with van der Waals surface area (Å²) < 4.78 is 10.2. The highest BCUT2D eigenvalue weighted by Gasteiger charge is 2.51. The molecule has 1 fully saturated rings. The molecule has 1 saturated heterocycles. The van der Waals surface area contributed by atoms with Crippen LogP contribution in [-0.4, -0.2) is 31.1 Å². The molecule has 0 aliphatic carbocycles. The molecule has 5 heteroatoms. The number of ether oxygens (including phenoxy) is 2. The summed E-state index contributed by atoms with van der Waals surface area (Å²) >= 11 is 0. The van der Waals surface area contributed by atoms with Crippen molar-refractivity contribution in [1.29, 1.82) is 0 Å². The van der Waals surface area contributed by atoms with Crippen LogP contribution >= 0.6 is 0 Å². The summed E-state index contributed by atoms with van der Waals surface area (Å²) in [5.74, 6) is 0.325. The molecule has 20 heavy (non-hydrogen) atoms. The number of anilines is 1. The molecule has 1 heterocycles. The van der Waals surface area contributed by atoms with Crippen molar-refractivity contribution in [1.82, 2.24) is 0 Å². The van der Waals surface area contributed by atoms with Crippen LogP contribution in [0.1, 0.15) is 20.8 Å². The molecule has 1 aromatic rings. The van der Waals surface area contributed by atoms with Gasteiger partial charge in [0.05, 0.1) is 13.2 Å². The predicted molar refractivity (Wildman–Crippen MR) is 74.7 cm³/mol. The fourth-order valence-corrected chi connectivity index (χ4v) is 2.47. The van der Waals surface area contributed by atoms with E-state index in [9.17, 15) is 9.59 Å². The van der Waals surface area contributed by atoms with Crippen molar-refractivity contribution < 1.29 is 19.1 Å². The number of carbonyl (C=O) groups excluding carboxylic acids is 2. The van der Waals surface area contributed by atoms with E-state index >= 15 is 0 Å². The van der Waals surface area contributed by atoms with Gasteiger partial charge in [0, 0.05) is 12.6 Å². The lowest BCUT2D eigenvalue weighted by Gasteiger charge is -2.48. The SMILES string of the molecule is COc1ccc(N2C(=O)[C@H](OC(C)=O)[C@@H]2C(C)C)cc1. The largest absolute Gasteiger partial charge is 0.497 e. The highest BCUT2D eigenvalue weighted by Crippen LogP contribution is 2.35. The van der Waals surface area contributed by atoms with Gasteiger partial charge in [-0.15, -0.1) is 0 Å². The Morgan fingerprint density at radius 3 is 2.30 bits per heavy atom. The van der Waals surface area contributed by atoms with Gasteiger partial charge in [0.1, 0.15) is 5.75 Å². The van der Waals surface area contributed by atoms with Crippen LogP contribution in [0, 0.1) is 5.92 Å². The first-order valence-electron chi connectivity index (χ1n) is 6.60. The van der Waals surface area contributed by atoms with Gasteiger partial charge in [0.15, 0.2) is 0 Å². The highest BCUT2D eigenvalue weighted by atomic mass is 16.6. The average molecular weight is 277 g/mol. The van der Waals surface area contributed by atoms with Gasteiger partial charge in [-0.2, -0.15) is 0 Å². The monoisotopic (exact) mass is 277 g/mol. The zero-order chi connectivity index (χ0) is 14.9. The van der Waals surface area contributed by atoms with Crippen molar-refractivity contribution in [2.75, 3.05) is 12.0 Å². The summed E-state index contributed by atoms with van der Waals surface area (Å²) in [5.41, 5.74) is 0.790. The minimum absolute atomic E-state index is 0.125. The number of amides is 1. The zero-order valence-electron chi connectivity index (χ0n) is 12.1. The highest BCUT2D eigenvalue weighted by molar-refractivity contribution is 6.05. The molecule has 5 nitrogen and oxygen atoms in total. The van der Waals surface area contributed by atoms with E-state index in [1.807, 2.05) is 26.0 Å². The van der Waals surface area contributed by atoms with Gasteiger partial charge in [-0.05, 0) is 30.2 Å². The molecule has 108 valence electrons. The third kappa shape index (κ3) is 2.48. The van der Waals surface area contributed by atoms with Crippen LogP contribution in [0.3, 0.4) is 0 Å². The first-order valence-corrected chi connectivity index (χ1v) is 6.60. The van der Waals surface area contributed by atoms with Crippen molar-refractivity contribution in [3.8, 4) is 5.75 Å². The van der Waals surface area contributed by atoms with Gasteiger partial charge >= 0.3 is 5.97 Å². The van der Waals surface area contributed by atoms with E-state index in [0.29, 0.717) is 0 Å². The van der Waals surface area contributed by atoms with Gasteiger partial charge in [0.25, 0.3) is 5.91 Å². The van der Waals surface area contributed by atoms with E-state index in [1.54, 1.807) is 24.1 Å². The normalized spacial score (nSPS) is 21.6. The Bertz CT molecular complexity index is 509. The minimum Gasteiger partial charge on any atom is -0.497 e. The zero-order valence-corrected chi connectivity index (χ0v) is 12.1. The number of β-lactam (4-membered cyclic amide) rings is 1. The Hall–Kier alpha value is -2.04. The number of benzene rings is 1. The third-order valence-electron chi connectivity index (χ3n) is 3.42. The van der Waals surface area contributed by atoms with Crippen LogP contribution in [0.25, 0.3) is 0 Å². The van der Waals surface area contributed by atoms with Gasteiger partial charge < -0.3 is 14.4 Å². The standard InChI is InChI=1S/C15H19NO4/c1-9(2)13-14(20-10(3)17)15(18)16(13)11-5-7-12(19-4)8-6-11/h5-9,13-14H,1-4H3/t13-,14+/m0/s1. The van der Waals surface area contributed by atoms with E-state index in [1.165, 1.54) is 6.92 Å². The summed E-state index contributed by atoms with van der Waals surface area (Å²) in [4.78, 5) is 24.9. The van der Waals surface area contributed by atoms with E-state index in [2.05, 4.69) is 0 Å². The van der Waals surface area contributed by atoms with Crippen LogP contribution < -0.4 is 9.64 Å². The van der Waals surface area contributed by atoms with Crippen LogP contribution in [0.2, 0.25) is 0 Å². The Morgan fingerprint density at radius 2 is 1.85 bits per heavy atom. The lowest BCUT2D eigenvalue weighted by Crippen LogP contribution is -2.68. The van der Waals surface area contributed by atoms with Crippen molar-refractivity contribution in [3.63, 3.8) is 0 Å². The number of hydrogen-bond acceptors (Lipinski definition) is 4. The second kappa shape index (κ2) is 5.53. The van der Waals surface area contributed by atoms with Gasteiger partial charge in [-0.1, -0.05) is 13.8 Å². The lowest BCUT2D eigenvalue weighted by molar-refractivity contribution is -0.161. The quantitative estimate of drug-likeness (QED) is 0.624. The molecule has 2 rings (SSSR count). The molecule has 1 aliphatic rings. The summed E-state index contributed by atoms with van der Waals surface area (Å²) in [6, 6.07) is 7.14. The fourth-order valence-electron chi connectivity index (χ4n) is 2.47. The fraction of sp³-hybridized carbons (Fsp3) is 0.467. The second-order valence-electron chi connectivity index (χ2n) is 5.17. The molecular weight excluding hydrogens is 258 g/mol. The van der Waals surface area contributed by atoms with Crippen LogP contribution in [0.4, 0.5) is 5.69 Å². The summed E-state index contributed by atoms with van der Waals surface area (Å²) in [6.07, 6.45) is -0.672. The molecule has 0 bridgehead atoms. The van der Waals surface area contributed by atoms with Crippen LogP contribution in [0.5, 0.6) is 5.75 Å². The van der Waals surface area contributed by atoms with E-state index in [0.717, 1.165) is 11.4 Å². The van der Waals surface area contributed by atoms with Crippen LogP contribution in [-0.2, 0) is 14.3 Å². The third-order valence-corrected chi connectivity index (χ3v) is 3.42. The number of carbonyl (C=O) groups is 2. The molecule has 0 spiro atoms.